The van der Waals surface area contributed by atoms with Crippen LogP contribution in [0, 0.1) is 0 Å². The largest absolute Gasteiger partial charge is 0.508 e. The molecule has 0 aliphatic carbocycles. The van der Waals surface area contributed by atoms with E-state index >= 15 is 0 Å². The van der Waals surface area contributed by atoms with Crippen molar-refractivity contribution in [3.8, 4) is 5.75 Å². The van der Waals surface area contributed by atoms with Crippen molar-refractivity contribution in [2.24, 2.45) is 0 Å². The Morgan fingerprint density at radius 2 is 2.29 bits per heavy atom. The number of aliphatic carboxylic acids is 1. The molecule has 6 heteroatoms. The van der Waals surface area contributed by atoms with E-state index in [1.807, 2.05) is 0 Å². The zero-order chi connectivity index (χ0) is 12.3. The van der Waals surface area contributed by atoms with Crippen LogP contribution in [0.3, 0.4) is 0 Å². The first-order chi connectivity index (χ1) is 8.16. The maximum absolute atomic E-state index is 11.2. The van der Waals surface area contributed by atoms with E-state index in [0.29, 0.717) is 5.56 Å². The third-order valence-electron chi connectivity index (χ3n) is 2.41. The van der Waals surface area contributed by atoms with Crippen LogP contribution in [-0.4, -0.2) is 30.9 Å². The number of hydrogen-bond donors (Lipinski definition) is 2. The van der Waals surface area contributed by atoms with E-state index in [4.69, 9.17) is 0 Å². The molecule has 17 heavy (non-hydrogen) atoms. The second kappa shape index (κ2) is 4.65. The average molecular weight is 233 g/mol. The Morgan fingerprint density at radius 1 is 1.47 bits per heavy atom. The average Bonchev–Trinajstić information content (AvgIpc) is 2.78. The normalized spacial score (nSPS) is 12.2. The summed E-state index contributed by atoms with van der Waals surface area (Å²) in [5.74, 6) is -1.68. The van der Waals surface area contributed by atoms with Crippen LogP contribution in [-0.2, 0) is 11.3 Å². The van der Waals surface area contributed by atoms with Gasteiger partial charge in [-0.3, -0.25) is 9.48 Å². The lowest BCUT2D eigenvalue weighted by Crippen LogP contribution is -2.18. The Hall–Kier alpha value is -2.37. The molecule has 1 atom stereocenters. The summed E-state index contributed by atoms with van der Waals surface area (Å²) in [6.45, 7) is 0.179. The minimum atomic E-state index is -0.967. The predicted octanol–water partition coefficient (Wildman–Crippen LogP) is 0.852. The predicted molar refractivity (Wildman–Crippen MR) is 58.5 cm³/mol. The fourth-order valence-electron chi connectivity index (χ4n) is 1.58. The number of rotatable bonds is 4. The Labute approximate surface area is 97.2 Å². The molecule has 2 aromatic rings. The fraction of sp³-hybridized carbons (Fsp3) is 0.182. The van der Waals surface area contributed by atoms with Crippen molar-refractivity contribution in [3.05, 3.63) is 42.5 Å². The minimum absolute atomic E-state index is 0.0485. The van der Waals surface area contributed by atoms with E-state index < -0.39 is 11.9 Å². The number of phenolic OH excluding ortho intramolecular Hbond substituents is 1. The number of carboxylic acids is 1. The number of carboxylic acid groups (broad SMARTS) is 1. The van der Waals surface area contributed by atoms with E-state index in [2.05, 4.69) is 10.1 Å². The van der Waals surface area contributed by atoms with Crippen molar-refractivity contribution in [3.63, 3.8) is 0 Å². The summed E-state index contributed by atoms with van der Waals surface area (Å²) in [6.07, 6.45) is 2.81. The van der Waals surface area contributed by atoms with Gasteiger partial charge in [-0.2, -0.15) is 5.10 Å². The highest BCUT2D eigenvalue weighted by atomic mass is 16.4. The van der Waals surface area contributed by atoms with Crippen molar-refractivity contribution in [2.45, 2.75) is 12.5 Å². The monoisotopic (exact) mass is 233 g/mol. The Bertz CT molecular complexity index is 510. The number of benzene rings is 1. The smallest absolute Gasteiger partial charge is 0.312 e. The number of carbonyl (C=O) groups is 1. The van der Waals surface area contributed by atoms with Crippen LogP contribution in [0.5, 0.6) is 5.75 Å². The molecule has 0 saturated heterocycles. The molecule has 1 aromatic heterocycles. The lowest BCUT2D eigenvalue weighted by atomic mass is 9.99. The molecule has 0 aliphatic heterocycles. The molecule has 88 valence electrons. The highest BCUT2D eigenvalue weighted by Gasteiger charge is 2.21. The molecular formula is C11H11N3O3. The molecule has 0 saturated carbocycles. The first-order valence-electron chi connectivity index (χ1n) is 5.01. The van der Waals surface area contributed by atoms with Gasteiger partial charge in [-0.05, 0) is 17.7 Å². The maximum atomic E-state index is 11.2. The van der Waals surface area contributed by atoms with Crippen molar-refractivity contribution < 1.29 is 15.0 Å². The number of aromatic nitrogens is 3. The summed E-state index contributed by atoms with van der Waals surface area (Å²) in [5.41, 5.74) is 0.535. The second-order valence-corrected chi connectivity index (χ2v) is 3.60. The quantitative estimate of drug-likeness (QED) is 0.817. The Kier molecular flexibility index (Phi) is 3.04. The van der Waals surface area contributed by atoms with Crippen LogP contribution < -0.4 is 0 Å². The van der Waals surface area contributed by atoms with E-state index in [0.717, 1.165) is 0 Å². The number of aromatic hydroxyl groups is 1. The van der Waals surface area contributed by atoms with E-state index in [9.17, 15) is 15.0 Å². The van der Waals surface area contributed by atoms with Gasteiger partial charge in [0.1, 0.15) is 24.3 Å². The van der Waals surface area contributed by atoms with Crippen LogP contribution >= 0.6 is 0 Å². The van der Waals surface area contributed by atoms with Gasteiger partial charge in [0.15, 0.2) is 0 Å². The third-order valence-corrected chi connectivity index (χ3v) is 2.41. The third kappa shape index (κ3) is 2.60. The van der Waals surface area contributed by atoms with Crippen molar-refractivity contribution in [1.29, 1.82) is 0 Å². The van der Waals surface area contributed by atoms with E-state index in [1.165, 1.54) is 29.5 Å². The van der Waals surface area contributed by atoms with Gasteiger partial charge in [0.25, 0.3) is 0 Å². The zero-order valence-corrected chi connectivity index (χ0v) is 8.89. The molecule has 0 bridgehead atoms. The van der Waals surface area contributed by atoms with Crippen molar-refractivity contribution in [1.82, 2.24) is 14.8 Å². The number of phenols is 1. The van der Waals surface area contributed by atoms with Gasteiger partial charge >= 0.3 is 5.97 Å². The lowest BCUT2D eigenvalue weighted by molar-refractivity contribution is -0.139. The molecule has 0 amide bonds. The van der Waals surface area contributed by atoms with Crippen LogP contribution in [0.1, 0.15) is 11.5 Å². The molecule has 6 nitrogen and oxygen atoms in total. The standard InChI is InChI=1S/C11H11N3O3/c15-9-3-1-2-8(4-9)10(11(16)17)5-14-7-12-6-13-14/h1-4,6-7,10,15H,5H2,(H,16,17). The SMILES string of the molecule is O=C(O)C(Cn1cncn1)c1cccc(O)c1. The highest BCUT2D eigenvalue weighted by molar-refractivity contribution is 5.76. The van der Waals surface area contributed by atoms with Gasteiger partial charge in [-0.1, -0.05) is 12.1 Å². The number of nitrogens with zero attached hydrogens (tertiary/aromatic N) is 3. The van der Waals surface area contributed by atoms with Gasteiger partial charge in [-0.25, -0.2) is 4.98 Å². The molecular weight excluding hydrogens is 222 g/mol. The lowest BCUT2D eigenvalue weighted by Gasteiger charge is -2.12. The number of hydrogen-bond acceptors (Lipinski definition) is 4. The second-order valence-electron chi connectivity index (χ2n) is 3.60. The molecule has 2 rings (SSSR count). The van der Waals surface area contributed by atoms with Crippen LogP contribution in [0.2, 0.25) is 0 Å². The first-order valence-corrected chi connectivity index (χ1v) is 5.01. The molecule has 0 fully saturated rings. The van der Waals surface area contributed by atoms with Crippen LogP contribution in [0.15, 0.2) is 36.9 Å². The van der Waals surface area contributed by atoms with Gasteiger partial charge in [0, 0.05) is 0 Å². The van der Waals surface area contributed by atoms with Gasteiger partial charge in [0.05, 0.1) is 6.54 Å². The van der Waals surface area contributed by atoms with Crippen molar-refractivity contribution in [2.75, 3.05) is 0 Å². The van der Waals surface area contributed by atoms with Crippen LogP contribution in [0.4, 0.5) is 0 Å². The van der Waals surface area contributed by atoms with E-state index in [-0.39, 0.29) is 12.3 Å². The molecule has 1 aromatic carbocycles. The van der Waals surface area contributed by atoms with Gasteiger partial charge in [0.2, 0.25) is 0 Å². The fourth-order valence-corrected chi connectivity index (χ4v) is 1.58. The molecule has 0 spiro atoms. The first kappa shape index (κ1) is 11.1. The van der Waals surface area contributed by atoms with Crippen molar-refractivity contribution >= 4 is 5.97 Å². The summed E-state index contributed by atoms with van der Waals surface area (Å²) < 4.78 is 1.45. The molecule has 2 N–H and O–H groups in total. The maximum Gasteiger partial charge on any atom is 0.312 e. The minimum Gasteiger partial charge on any atom is -0.508 e. The topological polar surface area (TPSA) is 88.2 Å². The van der Waals surface area contributed by atoms with Gasteiger partial charge in [-0.15, -0.1) is 0 Å². The molecule has 0 radical (unpaired) electrons. The summed E-state index contributed by atoms with van der Waals surface area (Å²) in [7, 11) is 0. The van der Waals surface area contributed by atoms with E-state index in [1.54, 1.807) is 12.1 Å². The summed E-state index contributed by atoms with van der Waals surface area (Å²) in [6, 6.07) is 6.21. The summed E-state index contributed by atoms with van der Waals surface area (Å²) in [4.78, 5) is 14.9. The summed E-state index contributed by atoms with van der Waals surface area (Å²) >= 11 is 0. The molecule has 0 aliphatic rings. The molecule has 1 heterocycles. The zero-order valence-electron chi connectivity index (χ0n) is 8.89. The Balaban J connectivity index is 2.26. The van der Waals surface area contributed by atoms with Gasteiger partial charge < -0.3 is 10.2 Å². The summed E-state index contributed by atoms with van der Waals surface area (Å²) in [5, 5.41) is 22.4. The van der Waals surface area contributed by atoms with Crippen LogP contribution in [0.25, 0.3) is 0 Å². The molecule has 1 unspecified atom stereocenters. The highest BCUT2D eigenvalue weighted by Crippen LogP contribution is 2.21. The Morgan fingerprint density at radius 3 is 2.88 bits per heavy atom.